The molecule has 0 saturated heterocycles. The normalized spacial score (nSPS) is 14.8. The van der Waals surface area contributed by atoms with Crippen LogP contribution in [0.25, 0.3) is 0 Å². The summed E-state index contributed by atoms with van der Waals surface area (Å²) in [4.78, 5) is 29.0. The second kappa shape index (κ2) is 6.20. The third-order valence-corrected chi connectivity index (χ3v) is 4.39. The molecule has 1 heterocycles. The van der Waals surface area contributed by atoms with Gasteiger partial charge in [-0.15, -0.1) is 0 Å². The van der Waals surface area contributed by atoms with Crippen LogP contribution in [0.15, 0.2) is 36.5 Å². The molecule has 1 fully saturated rings. The predicted molar refractivity (Wildman–Crippen MR) is 89.3 cm³/mol. The van der Waals surface area contributed by atoms with E-state index in [0.717, 1.165) is 0 Å². The van der Waals surface area contributed by atoms with E-state index >= 15 is 0 Å². The zero-order valence-electron chi connectivity index (χ0n) is 12.9. The smallest absolute Gasteiger partial charge is 0.240 e. The van der Waals surface area contributed by atoms with Crippen molar-refractivity contribution in [2.24, 2.45) is 5.41 Å². The van der Waals surface area contributed by atoms with E-state index in [2.05, 4.69) is 15.6 Å². The van der Waals surface area contributed by atoms with E-state index in [-0.39, 0.29) is 0 Å². The van der Waals surface area contributed by atoms with Crippen LogP contribution in [0, 0.1) is 18.2 Å². The summed E-state index contributed by atoms with van der Waals surface area (Å²) < 4.78 is 12.9. The molecule has 2 amide bonds. The van der Waals surface area contributed by atoms with Crippen LogP contribution in [0.2, 0.25) is 5.02 Å². The van der Waals surface area contributed by atoms with Gasteiger partial charge in [-0.2, -0.15) is 0 Å². The average molecular weight is 348 g/mol. The summed E-state index contributed by atoms with van der Waals surface area (Å²) in [6, 6.07) is 6.98. The van der Waals surface area contributed by atoms with Gasteiger partial charge in [-0.25, -0.2) is 4.39 Å². The van der Waals surface area contributed by atoms with Crippen LogP contribution in [0.3, 0.4) is 0 Å². The molecule has 0 aliphatic heterocycles. The molecular weight excluding hydrogens is 333 g/mol. The largest absolute Gasteiger partial charge is 0.325 e. The molecule has 0 radical (unpaired) electrons. The fourth-order valence-electron chi connectivity index (χ4n) is 2.29. The number of benzene rings is 1. The second-order valence-electron chi connectivity index (χ2n) is 5.79. The number of aryl methyl sites for hydroxylation is 1. The molecule has 1 aromatic heterocycles. The van der Waals surface area contributed by atoms with Crippen molar-refractivity contribution in [3.63, 3.8) is 0 Å². The Kier molecular flexibility index (Phi) is 4.24. The summed E-state index contributed by atoms with van der Waals surface area (Å²) in [6.07, 6.45) is 2.41. The first-order chi connectivity index (χ1) is 11.4. The first-order valence-corrected chi connectivity index (χ1v) is 7.79. The van der Waals surface area contributed by atoms with Gasteiger partial charge in [0.25, 0.3) is 0 Å². The SMILES string of the molecule is Cc1ncc(NC(=O)C2(C(=O)Nc3ccc(F)cc3)CC2)cc1Cl. The molecule has 5 nitrogen and oxygen atoms in total. The maximum atomic E-state index is 12.9. The lowest BCUT2D eigenvalue weighted by molar-refractivity contribution is -0.131. The van der Waals surface area contributed by atoms with Crippen LogP contribution < -0.4 is 10.6 Å². The Bertz CT molecular complexity index is 804. The van der Waals surface area contributed by atoms with E-state index in [1.165, 1.54) is 30.5 Å². The van der Waals surface area contributed by atoms with Crippen molar-refractivity contribution in [2.45, 2.75) is 19.8 Å². The fraction of sp³-hybridized carbons (Fsp3) is 0.235. The highest BCUT2D eigenvalue weighted by atomic mass is 35.5. The Morgan fingerprint density at radius 3 is 2.25 bits per heavy atom. The number of halogens is 2. The van der Waals surface area contributed by atoms with Gasteiger partial charge in [0.2, 0.25) is 11.8 Å². The quantitative estimate of drug-likeness (QED) is 0.831. The van der Waals surface area contributed by atoms with Gasteiger partial charge in [-0.1, -0.05) is 11.6 Å². The van der Waals surface area contributed by atoms with E-state index < -0.39 is 23.0 Å². The van der Waals surface area contributed by atoms with Crippen molar-refractivity contribution in [3.8, 4) is 0 Å². The number of hydrogen-bond donors (Lipinski definition) is 2. The lowest BCUT2D eigenvalue weighted by Crippen LogP contribution is -2.35. The van der Waals surface area contributed by atoms with Crippen molar-refractivity contribution in [3.05, 3.63) is 53.1 Å². The third kappa shape index (κ3) is 3.23. The average Bonchev–Trinajstić information content (AvgIpc) is 3.35. The first kappa shape index (κ1) is 16.4. The number of amides is 2. The van der Waals surface area contributed by atoms with Crippen molar-refractivity contribution in [1.29, 1.82) is 0 Å². The van der Waals surface area contributed by atoms with Crippen molar-refractivity contribution in [1.82, 2.24) is 4.98 Å². The van der Waals surface area contributed by atoms with Gasteiger partial charge in [-0.3, -0.25) is 14.6 Å². The van der Waals surface area contributed by atoms with Crippen molar-refractivity contribution < 1.29 is 14.0 Å². The number of carbonyl (C=O) groups is 2. The number of carbonyl (C=O) groups excluding carboxylic acids is 2. The summed E-state index contributed by atoms with van der Waals surface area (Å²) in [5.74, 6) is -1.20. The van der Waals surface area contributed by atoms with Crippen LogP contribution in [0.4, 0.5) is 15.8 Å². The molecular formula is C17H15ClFN3O2. The molecule has 1 aromatic carbocycles. The van der Waals surface area contributed by atoms with Gasteiger partial charge in [0, 0.05) is 5.69 Å². The summed E-state index contributed by atoms with van der Waals surface area (Å²) in [7, 11) is 0. The van der Waals surface area contributed by atoms with Gasteiger partial charge in [-0.05, 0) is 50.1 Å². The number of pyridine rings is 1. The summed E-state index contributed by atoms with van der Waals surface area (Å²) in [6.45, 7) is 1.76. The van der Waals surface area contributed by atoms with Gasteiger partial charge >= 0.3 is 0 Å². The Morgan fingerprint density at radius 1 is 1.12 bits per heavy atom. The van der Waals surface area contributed by atoms with Crippen LogP contribution in [0.1, 0.15) is 18.5 Å². The molecule has 24 heavy (non-hydrogen) atoms. The molecule has 1 aliphatic rings. The highest BCUT2D eigenvalue weighted by Crippen LogP contribution is 2.47. The summed E-state index contributed by atoms with van der Waals surface area (Å²) >= 11 is 5.99. The van der Waals surface area contributed by atoms with Gasteiger partial charge in [0.1, 0.15) is 11.2 Å². The number of rotatable bonds is 4. The number of nitrogens with one attached hydrogen (secondary N) is 2. The summed E-state index contributed by atoms with van der Waals surface area (Å²) in [5.41, 5.74) is 0.438. The maximum Gasteiger partial charge on any atom is 0.240 e. The molecule has 3 rings (SSSR count). The van der Waals surface area contributed by atoms with E-state index in [0.29, 0.717) is 34.9 Å². The molecule has 7 heteroatoms. The van der Waals surface area contributed by atoms with Gasteiger partial charge in [0.05, 0.1) is 22.6 Å². The molecule has 0 atom stereocenters. The minimum absolute atomic E-state index is 0.393. The second-order valence-corrected chi connectivity index (χ2v) is 6.20. The first-order valence-electron chi connectivity index (χ1n) is 7.41. The molecule has 0 spiro atoms. The van der Waals surface area contributed by atoms with Crippen LogP contribution in [-0.4, -0.2) is 16.8 Å². The lowest BCUT2D eigenvalue weighted by Gasteiger charge is -2.15. The monoisotopic (exact) mass is 347 g/mol. The van der Waals surface area contributed by atoms with Crippen molar-refractivity contribution in [2.75, 3.05) is 10.6 Å². The Hall–Kier alpha value is -2.47. The third-order valence-electron chi connectivity index (χ3n) is 4.00. The maximum absolute atomic E-state index is 12.9. The lowest BCUT2D eigenvalue weighted by atomic mass is 10.0. The van der Waals surface area contributed by atoms with Crippen molar-refractivity contribution >= 4 is 34.8 Å². The molecule has 0 unspecified atom stereocenters. The highest BCUT2D eigenvalue weighted by Gasteiger charge is 2.56. The molecule has 1 saturated carbocycles. The topological polar surface area (TPSA) is 71.1 Å². The van der Waals surface area contributed by atoms with E-state index in [4.69, 9.17) is 11.6 Å². The number of aromatic nitrogens is 1. The molecule has 2 N–H and O–H groups in total. The van der Waals surface area contributed by atoms with Gasteiger partial charge in [0.15, 0.2) is 0 Å². The molecule has 0 bridgehead atoms. The number of hydrogen-bond acceptors (Lipinski definition) is 3. The minimum atomic E-state index is -1.11. The van der Waals surface area contributed by atoms with Gasteiger partial charge < -0.3 is 10.6 Å². The van der Waals surface area contributed by atoms with Crippen LogP contribution in [0.5, 0.6) is 0 Å². The molecule has 1 aliphatic carbocycles. The Morgan fingerprint density at radius 2 is 1.71 bits per heavy atom. The van der Waals surface area contributed by atoms with Crippen LogP contribution in [-0.2, 0) is 9.59 Å². The zero-order valence-corrected chi connectivity index (χ0v) is 13.7. The molecule has 124 valence electrons. The molecule has 2 aromatic rings. The van der Waals surface area contributed by atoms with E-state index in [1.54, 1.807) is 13.0 Å². The predicted octanol–water partition coefficient (Wildman–Crippen LogP) is 3.54. The highest BCUT2D eigenvalue weighted by molar-refractivity contribution is 6.31. The standard InChI is InChI=1S/C17H15ClFN3O2/c1-10-14(18)8-13(9-20-10)22-16(24)17(6-7-17)15(23)21-12-4-2-11(19)3-5-12/h2-5,8-9H,6-7H2,1H3,(H,21,23)(H,22,24). The number of anilines is 2. The Balaban J connectivity index is 1.70. The number of nitrogens with zero attached hydrogens (tertiary/aromatic N) is 1. The minimum Gasteiger partial charge on any atom is -0.325 e. The van der Waals surface area contributed by atoms with Crippen LogP contribution >= 0.6 is 11.6 Å². The van der Waals surface area contributed by atoms with E-state index in [1.807, 2.05) is 0 Å². The zero-order chi connectivity index (χ0) is 17.3. The van der Waals surface area contributed by atoms with E-state index in [9.17, 15) is 14.0 Å². The Labute approximate surface area is 143 Å². The summed E-state index contributed by atoms with van der Waals surface area (Å²) in [5, 5.41) is 5.77. The fourth-order valence-corrected chi connectivity index (χ4v) is 2.46.